The molecule has 1 saturated heterocycles. The molecular weight excluding hydrogens is 262 g/mol. The van der Waals surface area contributed by atoms with Crippen molar-refractivity contribution in [2.75, 3.05) is 20.1 Å². The molecule has 1 aliphatic rings. The minimum absolute atomic E-state index is 0.165. The first-order chi connectivity index (χ1) is 10.2. The summed E-state index contributed by atoms with van der Waals surface area (Å²) >= 11 is 0. The van der Waals surface area contributed by atoms with E-state index in [9.17, 15) is 0 Å². The highest BCUT2D eigenvalue weighted by Gasteiger charge is 2.43. The third-order valence-corrected chi connectivity index (χ3v) is 5.17. The smallest absolute Gasteiger partial charge is 0.0775 e. The summed E-state index contributed by atoms with van der Waals surface area (Å²) in [4.78, 5) is 2.69. The fourth-order valence-corrected chi connectivity index (χ4v) is 4.02. The molecule has 2 rings (SSSR count). The Labute approximate surface area is 129 Å². The zero-order valence-corrected chi connectivity index (χ0v) is 14.1. The second-order valence-electron chi connectivity index (χ2n) is 6.11. The van der Waals surface area contributed by atoms with Crippen LogP contribution in [0.3, 0.4) is 0 Å². The average molecular weight is 293 g/mol. The molecular formula is C16H31N5. The lowest BCUT2D eigenvalue weighted by Crippen LogP contribution is -2.55. The molecule has 5 nitrogen and oxygen atoms in total. The molecule has 0 saturated carbocycles. The number of nitrogens with zero attached hydrogens (tertiary/aromatic N) is 4. The Balaban J connectivity index is 2.37. The van der Waals surface area contributed by atoms with E-state index in [1.807, 2.05) is 6.20 Å². The number of rotatable bonds is 8. The Morgan fingerprint density at radius 1 is 1.24 bits per heavy atom. The molecule has 1 N–H and O–H groups in total. The maximum absolute atomic E-state index is 4.29. The van der Waals surface area contributed by atoms with Crippen LogP contribution in [0.4, 0.5) is 0 Å². The third-order valence-electron chi connectivity index (χ3n) is 5.17. The summed E-state index contributed by atoms with van der Waals surface area (Å²) in [7, 11) is 2.07. The van der Waals surface area contributed by atoms with E-state index in [-0.39, 0.29) is 11.6 Å². The van der Waals surface area contributed by atoms with Gasteiger partial charge >= 0.3 is 0 Å². The van der Waals surface area contributed by atoms with E-state index in [2.05, 4.69) is 53.0 Å². The summed E-state index contributed by atoms with van der Waals surface area (Å²) < 4.78 is 2.08. The standard InChI is InChI=1S/C16H31N5/c1-5-10-21-14(13-18-19-21)15(17-4)16(6-2,7-3)20-11-8-9-12-20/h13,15,17H,5-12H2,1-4H3. The molecule has 21 heavy (non-hydrogen) atoms. The van der Waals surface area contributed by atoms with E-state index >= 15 is 0 Å². The van der Waals surface area contributed by atoms with Crippen LogP contribution >= 0.6 is 0 Å². The summed E-state index contributed by atoms with van der Waals surface area (Å²) in [5.74, 6) is 0. The van der Waals surface area contributed by atoms with Crippen LogP contribution in [0.5, 0.6) is 0 Å². The first-order valence-corrected chi connectivity index (χ1v) is 8.54. The van der Waals surface area contributed by atoms with Crippen LogP contribution in [0.15, 0.2) is 6.20 Å². The SMILES string of the molecule is CCCn1nncc1C(NC)C(CC)(CC)N1CCCC1. The van der Waals surface area contributed by atoms with Gasteiger partial charge in [-0.05, 0) is 52.2 Å². The minimum Gasteiger partial charge on any atom is -0.310 e. The van der Waals surface area contributed by atoms with E-state index in [0.717, 1.165) is 25.8 Å². The third kappa shape index (κ3) is 2.99. The first kappa shape index (κ1) is 16.4. The molecule has 0 amide bonds. The zero-order chi connectivity index (χ0) is 15.3. The average Bonchev–Trinajstić information content (AvgIpc) is 3.17. The molecule has 0 radical (unpaired) electrons. The molecule has 0 bridgehead atoms. The fourth-order valence-electron chi connectivity index (χ4n) is 4.02. The summed E-state index contributed by atoms with van der Waals surface area (Å²) in [5.41, 5.74) is 1.40. The van der Waals surface area contributed by atoms with Crippen LogP contribution in [0.25, 0.3) is 0 Å². The van der Waals surface area contributed by atoms with Gasteiger partial charge in [-0.25, -0.2) is 4.68 Å². The van der Waals surface area contributed by atoms with Gasteiger partial charge in [-0.15, -0.1) is 5.10 Å². The van der Waals surface area contributed by atoms with E-state index in [1.54, 1.807) is 0 Å². The molecule has 1 aromatic rings. The molecule has 1 unspecified atom stereocenters. The highest BCUT2D eigenvalue weighted by atomic mass is 15.4. The van der Waals surface area contributed by atoms with Gasteiger partial charge in [-0.3, -0.25) is 4.90 Å². The van der Waals surface area contributed by atoms with Gasteiger partial charge < -0.3 is 5.32 Å². The van der Waals surface area contributed by atoms with Gasteiger partial charge in [0.2, 0.25) is 0 Å². The molecule has 1 aromatic heterocycles. The number of aromatic nitrogens is 3. The summed E-state index contributed by atoms with van der Waals surface area (Å²) in [5, 5.41) is 12.0. The molecule has 0 aliphatic carbocycles. The Morgan fingerprint density at radius 2 is 1.90 bits per heavy atom. The van der Waals surface area contributed by atoms with Crippen molar-refractivity contribution >= 4 is 0 Å². The fraction of sp³-hybridized carbons (Fsp3) is 0.875. The zero-order valence-electron chi connectivity index (χ0n) is 14.1. The Hall–Kier alpha value is -0.940. The molecule has 1 aliphatic heterocycles. The van der Waals surface area contributed by atoms with Gasteiger partial charge in [0.25, 0.3) is 0 Å². The lowest BCUT2D eigenvalue weighted by atomic mass is 9.81. The predicted octanol–water partition coefficient (Wildman–Crippen LogP) is 2.60. The number of nitrogens with one attached hydrogen (secondary N) is 1. The van der Waals surface area contributed by atoms with Crippen molar-refractivity contribution in [1.82, 2.24) is 25.2 Å². The molecule has 120 valence electrons. The lowest BCUT2D eigenvalue weighted by molar-refractivity contribution is 0.0612. The van der Waals surface area contributed by atoms with Crippen molar-refractivity contribution in [2.45, 2.75) is 71.0 Å². The molecule has 0 aromatic carbocycles. The van der Waals surface area contributed by atoms with Gasteiger partial charge in [0.05, 0.1) is 17.9 Å². The Morgan fingerprint density at radius 3 is 2.43 bits per heavy atom. The van der Waals surface area contributed by atoms with Crippen molar-refractivity contribution in [3.8, 4) is 0 Å². The highest BCUT2D eigenvalue weighted by Crippen LogP contribution is 2.39. The van der Waals surface area contributed by atoms with E-state index in [1.165, 1.54) is 31.6 Å². The maximum Gasteiger partial charge on any atom is 0.0775 e. The molecule has 5 heteroatoms. The number of hydrogen-bond acceptors (Lipinski definition) is 4. The quantitative estimate of drug-likeness (QED) is 0.800. The Bertz CT molecular complexity index is 418. The van der Waals surface area contributed by atoms with Gasteiger partial charge in [-0.2, -0.15) is 0 Å². The van der Waals surface area contributed by atoms with Crippen molar-refractivity contribution < 1.29 is 0 Å². The van der Waals surface area contributed by atoms with Gasteiger partial charge in [-0.1, -0.05) is 26.0 Å². The highest BCUT2D eigenvalue weighted by molar-refractivity contribution is 5.13. The van der Waals surface area contributed by atoms with Crippen LogP contribution < -0.4 is 5.32 Å². The van der Waals surface area contributed by atoms with E-state index < -0.39 is 0 Å². The second-order valence-corrected chi connectivity index (χ2v) is 6.11. The van der Waals surface area contributed by atoms with Crippen molar-refractivity contribution in [2.24, 2.45) is 0 Å². The summed E-state index contributed by atoms with van der Waals surface area (Å²) in [6, 6.07) is 0.284. The minimum atomic E-state index is 0.165. The lowest BCUT2D eigenvalue weighted by Gasteiger charge is -2.46. The van der Waals surface area contributed by atoms with Gasteiger partial charge in [0.15, 0.2) is 0 Å². The predicted molar refractivity (Wildman–Crippen MR) is 86.2 cm³/mol. The monoisotopic (exact) mass is 293 g/mol. The number of aryl methyl sites for hydroxylation is 1. The molecule has 2 heterocycles. The molecule has 0 spiro atoms. The number of likely N-dealkylation sites (N-methyl/N-ethyl adjacent to an activating group) is 1. The summed E-state index contributed by atoms with van der Waals surface area (Å²) in [6.45, 7) is 10.2. The van der Waals surface area contributed by atoms with Crippen LogP contribution in [0.2, 0.25) is 0 Å². The van der Waals surface area contributed by atoms with Gasteiger partial charge in [0.1, 0.15) is 0 Å². The van der Waals surface area contributed by atoms with Gasteiger partial charge in [0, 0.05) is 12.1 Å². The normalized spacial score (nSPS) is 18.3. The Kier molecular flexibility index (Phi) is 5.76. The molecule has 1 fully saturated rings. The van der Waals surface area contributed by atoms with E-state index in [4.69, 9.17) is 0 Å². The largest absolute Gasteiger partial charge is 0.310 e. The number of hydrogen-bond donors (Lipinski definition) is 1. The van der Waals surface area contributed by atoms with Crippen LogP contribution in [0.1, 0.15) is 64.6 Å². The second kappa shape index (κ2) is 7.36. The van der Waals surface area contributed by atoms with Crippen LogP contribution in [-0.4, -0.2) is 45.6 Å². The van der Waals surface area contributed by atoms with Crippen LogP contribution in [-0.2, 0) is 6.54 Å². The molecule has 1 atom stereocenters. The maximum atomic E-state index is 4.29. The topological polar surface area (TPSA) is 46.0 Å². The van der Waals surface area contributed by atoms with Crippen molar-refractivity contribution in [3.05, 3.63) is 11.9 Å². The summed E-state index contributed by atoms with van der Waals surface area (Å²) in [6.07, 6.45) is 7.97. The van der Waals surface area contributed by atoms with Crippen LogP contribution in [0, 0.1) is 0 Å². The van der Waals surface area contributed by atoms with Crippen molar-refractivity contribution in [3.63, 3.8) is 0 Å². The first-order valence-electron chi connectivity index (χ1n) is 8.54. The number of likely N-dealkylation sites (tertiary alicyclic amines) is 1. The van der Waals surface area contributed by atoms with Crippen molar-refractivity contribution in [1.29, 1.82) is 0 Å². The van der Waals surface area contributed by atoms with E-state index in [0.29, 0.717) is 0 Å².